The number of aliphatic hydroxyl groups is 1. The maximum absolute atomic E-state index is 10.4. The maximum Gasteiger partial charge on any atom is 0.116 e. The Labute approximate surface area is 88.7 Å². The number of nitrogens with one attached hydrogen (secondary N) is 1. The molecule has 5 N–H and O–H groups in total. The van der Waals surface area contributed by atoms with Crippen LogP contribution in [0.25, 0.3) is 0 Å². The van der Waals surface area contributed by atoms with Crippen LogP contribution < -0.4 is 11.1 Å². The molecule has 0 unspecified atom stereocenters. The Morgan fingerprint density at radius 1 is 1.27 bits per heavy atom. The molecule has 0 atom stereocenters. The number of piperidine rings is 1. The van der Waals surface area contributed by atoms with Crippen LogP contribution in [0.15, 0.2) is 18.2 Å². The van der Waals surface area contributed by atoms with Gasteiger partial charge in [-0.1, -0.05) is 0 Å². The molecule has 0 aromatic heterocycles. The Morgan fingerprint density at radius 2 is 1.93 bits per heavy atom. The second-order valence-electron chi connectivity index (χ2n) is 4.05. The van der Waals surface area contributed by atoms with Crippen molar-refractivity contribution in [1.82, 2.24) is 5.32 Å². The monoisotopic (exact) mass is 208 g/mol. The van der Waals surface area contributed by atoms with Gasteiger partial charge in [-0.15, -0.1) is 0 Å². The van der Waals surface area contributed by atoms with Gasteiger partial charge in [0.2, 0.25) is 0 Å². The molecule has 1 aromatic carbocycles. The molecule has 15 heavy (non-hydrogen) atoms. The highest BCUT2D eigenvalue weighted by Crippen LogP contribution is 2.35. The van der Waals surface area contributed by atoms with Gasteiger partial charge in [-0.2, -0.15) is 0 Å². The van der Waals surface area contributed by atoms with Crippen LogP contribution >= 0.6 is 0 Å². The van der Waals surface area contributed by atoms with Crippen LogP contribution in [0.1, 0.15) is 18.4 Å². The Bertz CT molecular complexity index is 360. The molecule has 0 saturated carbocycles. The fraction of sp³-hybridized carbons (Fsp3) is 0.455. The molecule has 2 rings (SSSR count). The Hall–Kier alpha value is -1.26. The highest BCUT2D eigenvalue weighted by atomic mass is 16.3. The van der Waals surface area contributed by atoms with Gasteiger partial charge in [0.25, 0.3) is 0 Å². The van der Waals surface area contributed by atoms with Gasteiger partial charge < -0.3 is 21.3 Å². The van der Waals surface area contributed by atoms with E-state index in [0.29, 0.717) is 24.1 Å². The third kappa shape index (κ3) is 1.91. The van der Waals surface area contributed by atoms with Crippen LogP contribution in [0.2, 0.25) is 0 Å². The summed E-state index contributed by atoms with van der Waals surface area (Å²) in [4.78, 5) is 0. The van der Waals surface area contributed by atoms with Crippen LogP contribution in [-0.2, 0) is 5.60 Å². The second-order valence-corrected chi connectivity index (χ2v) is 4.05. The summed E-state index contributed by atoms with van der Waals surface area (Å²) in [7, 11) is 0. The molecule has 82 valence electrons. The maximum atomic E-state index is 10.4. The third-order valence-electron chi connectivity index (χ3n) is 2.97. The van der Waals surface area contributed by atoms with E-state index in [4.69, 9.17) is 5.73 Å². The summed E-state index contributed by atoms with van der Waals surface area (Å²) in [5, 5.41) is 23.0. The zero-order valence-corrected chi connectivity index (χ0v) is 8.53. The minimum absolute atomic E-state index is 0.145. The van der Waals surface area contributed by atoms with Crippen molar-refractivity contribution in [2.45, 2.75) is 18.4 Å². The minimum Gasteiger partial charge on any atom is -0.508 e. The van der Waals surface area contributed by atoms with Gasteiger partial charge in [0, 0.05) is 11.3 Å². The molecule has 4 nitrogen and oxygen atoms in total. The summed E-state index contributed by atoms with van der Waals surface area (Å²) in [6.45, 7) is 1.54. The molecule has 1 fully saturated rings. The van der Waals surface area contributed by atoms with Gasteiger partial charge in [0.1, 0.15) is 5.75 Å². The molecule has 1 aliphatic rings. The van der Waals surface area contributed by atoms with Gasteiger partial charge in [0.05, 0.1) is 5.60 Å². The summed E-state index contributed by atoms with van der Waals surface area (Å²) >= 11 is 0. The van der Waals surface area contributed by atoms with E-state index < -0.39 is 5.60 Å². The Kier molecular flexibility index (Phi) is 2.54. The van der Waals surface area contributed by atoms with E-state index in [0.717, 1.165) is 13.1 Å². The largest absolute Gasteiger partial charge is 0.508 e. The van der Waals surface area contributed by atoms with E-state index in [1.807, 2.05) is 0 Å². The number of nitrogen functional groups attached to an aromatic ring is 1. The van der Waals surface area contributed by atoms with Crippen molar-refractivity contribution >= 4 is 5.69 Å². The molecular formula is C11H16N2O2. The standard InChI is InChI=1S/C11H16N2O2/c12-10-2-1-8(14)7-9(10)11(15)3-5-13-6-4-11/h1-2,7,13-15H,3-6,12H2. The number of anilines is 1. The summed E-state index contributed by atoms with van der Waals surface area (Å²) < 4.78 is 0. The molecule has 4 heteroatoms. The van der Waals surface area contributed by atoms with E-state index in [-0.39, 0.29) is 5.75 Å². The molecule has 0 amide bonds. The first-order valence-corrected chi connectivity index (χ1v) is 5.14. The van der Waals surface area contributed by atoms with E-state index >= 15 is 0 Å². The molecule has 1 aliphatic heterocycles. The SMILES string of the molecule is Nc1ccc(O)cc1C1(O)CCNCC1. The average molecular weight is 208 g/mol. The van der Waals surface area contributed by atoms with Crippen molar-refractivity contribution < 1.29 is 10.2 Å². The number of hydrogen-bond acceptors (Lipinski definition) is 4. The highest BCUT2D eigenvalue weighted by molar-refractivity contribution is 5.53. The molecule has 1 heterocycles. The lowest BCUT2D eigenvalue weighted by molar-refractivity contribution is 0.00648. The van der Waals surface area contributed by atoms with E-state index in [1.165, 1.54) is 6.07 Å². The zero-order chi connectivity index (χ0) is 10.9. The lowest BCUT2D eigenvalue weighted by Gasteiger charge is -2.33. The van der Waals surface area contributed by atoms with Gasteiger partial charge >= 0.3 is 0 Å². The van der Waals surface area contributed by atoms with E-state index in [1.54, 1.807) is 12.1 Å². The number of aromatic hydroxyl groups is 1. The smallest absolute Gasteiger partial charge is 0.116 e. The Morgan fingerprint density at radius 3 is 2.60 bits per heavy atom. The Balaban J connectivity index is 2.38. The normalized spacial score (nSPS) is 20.1. The number of phenolic OH excluding ortho intramolecular Hbond substituents is 1. The number of benzene rings is 1. The fourth-order valence-corrected chi connectivity index (χ4v) is 2.06. The van der Waals surface area contributed by atoms with Crippen molar-refractivity contribution in [2.24, 2.45) is 0 Å². The minimum atomic E-state index is -0.895. The second kappa shape index (κ2) is 3.72. The van der Waals surface area contributed by atoms with Crippen molar-refractivity contribution in [3.8, 4) is 5.75 Å². The molecular weight excluding hydrogens is 192 g/mol. The first kappa shape index (κ1) is 10.3. The molecule has 1 saturated heterocycles. The lowest BCUT2D eigenvalue weighted by Crippen LogP contribution is -2.40. The van der Waals surface area contributed by atoms with Crippen LogP contribution in [0.3, 0.4) is 0 Å². The first-order valence-electron chi connectivity index (χ1n) is 5.14. The van der Waals surface area contributed by atoms with Crippen molar-refractivity contribution in [1.29, 1.82) is 0 Å². The average Bonchev–Trinajstić information content (AvgIpc) is 2.23. The topological polar surface area (TPSA) is 78.5 Å². The highest BCUT2D eigenvalue weighted by Gasteiger charge is 2.32. The van der Waals surface area contributed by atoms with Crippen LogP contribution in [0, 0.1) is 0 Å². The summed E-state index contributed by atoms with van der Waals surface area (Å²) in [5.74, 6) is 0.145. The van der Waals surface area contributed by atoms with Crippen molar-refractivity contribution in [2.75, 3.05) is 18.8 Å². The molecule has 1 aromatic rings. The molecule has 0 radical (unpaired) electrons. The van der Waals surface area contributed by atoms with Crippen LogP contribution in [0.4, 0.5) is 5.69 Å². The third-order valence-corrected chi connectivity index (χ3v) is 2.97. The lowest BCUT2D eigenvalue weighted by atomic mass is 9.84. The van der Waals surface area contributed by atoms with Crippen molar-refractivity contribution in [3.05, 3.63) is 23.8 Å². The number of hydrogen-bond donors (Lipinski definition) is 4. The first-order chi connectivity index (χ1) is 7.12. The summed E-state index contributed by atoms with van der Waals surface area (Å²) in [6.07, 6.45) is 1.25. The zero-order valence-electron chi connectivity index (χ0n) is 8.53. The molecule has 0 aliphatic carbocycles. The van der Waals surface area contributed by atoms with E-state index in [2.05, 4.69) is 5.32 Å². The van der Waals surface area contributed by atoms with Crippen LogP contribution in [0.5, 0.6) is 5.75 Å². The van der Waals surface area contributed by atoms with Gasteiger partial charge in [-0.3, -0.25) is 0 Å². The van der Waals surface area contributed by atoms with E-state index in [9.17, 15) is 10.2 Å². The number of rotatable bonds is 1. The van der Waals surface area contributed by atoms with Gasteiger partial charge in [0.15, 0.2) is 0 Å². The summed E-state index contributed by atoms with van der Waals surface area (Å²) in [5.41, 5.74) is 6.10. The quantitative estimate of drug-likeness (QED) is 0.401. The number of phenols is 1. The van der Waals surface area contributed by atoms with Gasteiger partial charge in [-0.05, 0) is 44.1 Å². The predicted molar refractivity (Wildman–Crippen MR) is 58.5 cm³/mol. The van der Waals surface area contributed by atoms with Crippen LogP contribution in [-0.4, -0.2) is 23.3 Å². The fourth-order valence-electron chi connectivity index (χ4n) is 2.06. The van der Waals surface area contributed by atoms with Crippen molar-refractivity contribution in [3.63, 3.8) is 0 Å². The summed E-state index contributed by atoms with van der Waals surface area (Å²) in [6, 6.07) is 4.72. The number of nitrogens with two attached hydrogens (primary N) is 1. The van der Waals surface area contributed by atoms with Gasteiger partial charge in [-0.25, -0.2) is 0 Å². The predicted octanol–water partition coefficient (Wildman–Crippen LogP) is 0.545. The molecule has 0 spiro atoms. The molecule has 0 bridgehead atoms.